The van der Waals surface area contributed by atoms with Gasteiger partial charge >= 0.3 is 0 Å². The first-order chi connectivity index (χ1) is 16.5. The minimum atomic E-state index is -0.480. The van der Waals surface area contributed by atoms with Gasteiger partial charge in [-0.2, -0.15) is 0 Å². The third kappa shape index (κ3) is 5.13. The van der Waals surface area contributed by atoms with Gasteiger partial charge in [-0.05, 0) is 17.7 Å². The van der Waals surface area contributed by atoms with E-state index in [0.29, 0.717) is 24.2 Å². The molecule has 1 aliphatic heterocycles. The van der Waals surface area contributed by atoms with E-state index in [2.05, 4.69) is 4.98 Å². The number of carbonyl (C=O) groups is 3. The van der Waals surface area contributed by atoms with Crippen LogP contribution in [0.5, 0.6) is 0 Å². The van der Waals surface area contributed by atoms with Gasteiger partial charge in [-0.1, -0.05) is 60.7 Å². The van der Waals surface area contributed by atoms with Crippen molar-refractivity contribution >= 4 is 17.5 Å². The first kappa shape index (κ1) is 23.5. The molecule has 3 aromatic rings. The van der Waals surface area contributed by atoms with Crippen LogP contribution in [0, 0.1) is 11.8 Å². The number of piperidine rings is 1. The molecule has 0 aliphatic carbocycles. The van der Waals surface area contributed by atoms with E-state index in [1.54, 1.807) is 26.5 Å². The van der Waals surface area contributed by atoms with Crippen LogP contribution in [-0.2, 0) is 4.79 Å². The Kier molecular flexibility index (Phi) is 7.28. The van der Waals surface area contributed by atoms with Gasteiger partial charge in [0.05, 0.1) is 6.54 Å². The minimum absolute atomic E-state index is 0.0183. The quantitative estimate of drug-likeness (QED) is 0.510. The molecule has 1 aromatic heterocycles. The van der Waals surface area contributed by atoms with E-state index in [0.717, 1.165) is 5.56 Å². The number of carbonyl (C=O) groups excluding carboxylic acids is 3. The molecule has 0 N–H and O–H groups in total. The number of benzene rings is 2. The Labute approximate surface area is 200 Å². The smallest absolute Gasteiger partial charge is 0.236 e. The summed E-state index contributed by atoms with van der Waals surface area (Å²) in [4.78, 5) is 47.8. The molecule has 0 saturated carbocycles. The standard InChI is InChI=1S/C28H29N3O3/c1-30(2)25(32)19-31-17-23(27(33)21-9-5-3-6-10-21)26(20-13-15-29-16-14-20)24(18-31)28(34)22-11-7-4-8-12-22/h3-16,23-24,26H,17-19H2,1-2H3. The van der Waals surface area contributed by atoms with Crippen LogP contribution in [0.4, 0.5) is 0 Å². The number of Topliss-reactive ketones (excluding diaryl/α,β-unsaturated/α-hetero) is 2. The molecule has 2 atom stereocenters. The van der Waals surface area contributed by atoms with Crippen LogP contribution in [0.3, 0.4) is 0 Å². The summed E-state index contributed by atoms with van der Waals surface area (Å²) < 4.78 is 0. The number of likely N-dealkylation sites (tertiary alicyclic amines) is 1. The number of hydrogen-bond donors (Lipinski definition) is 0. The monoisotopic (exact) mass is 455 g/mol. The van der Waals surface area contributed by atoms with Gasteiger partial charge in [0.1, 0.15) is 0 Å². The lowest BCUT2D eigenvalue weighted by Gasteiger charge is -2.43. The third-order valence-electron chi connectivity index (χ3n) is 6.52. The maximum atomic E-state index is 13.8. The van der Waals surface area contributed by atoms with E-state index < -0.39 is 11.8 Å². The SMILES string of the molecule is CN(C)C(=O)CN1CC(C(=O)c2ccccc2)C(c2ccncc2)C(C(=O)c2ccccc2)C1. The van der Waals surface area contributed by atoms with Crippen LogP contribution in [0.1, 0.15) is 32.2 Å². The molecular weight excluding hydrogens is 426 g/mol. The van der Waals surface area contributed by atoms with Crippen LogP contribution in [0.25, 0.3) is 0 Å². The molecule has 2 unspecified atom stereocenters. The lowest BCUT2D eigenvalue weighted by Crippen LogP contribution is -2.52. The van der Waals surface area contributed by atoms with Crippen molar-refractivity contribution in [2.45, 2.75) is 5.92 Å². The second-order valence-corrected chi connectivity index (χ2v) is 8.96. The number of aromatic nitrogens is 1. The van der Waals surface area contributed by atoms with Crippen LogP contribution in [0.2, 0.25) is 0 Å². The van der Waals surface area contributed by atoms with Gasteiger partial charge in [0.15, 0.2) is 11.6 Å². The first-order valence-electron chi connectivity index (χ1n) is 11.5. The number of nitrogens with zero attached hydrogens (tertiary/aromatic N) is 3. The molecule has 1 aliphatic rings. The number of amides is 1. The average Bonchev–Trinajstić information content (AvgIpc) is 2.88. The molecule has 2 heterocycles. The van der Waals surface area contributed by atoms with Crippen molar-refractivity contribution < 1.29 is 14.4 Å². The van der Waals surface area contributed by atoms with E-state index in [1.807, 2.05) is 77.7 Å². The summed E-state index contributed by atoms with van der Waals surface area (Å²) in [5.74, 6) is -1.38. The summed E-state index contributed by atoms with van der Waals surface area (Å²) in [6, 6.07) is 22.2. The molecule has 4 rings (SSSR count). The molecule has 2 aromatic carbocycles. The van der Waals surface area contributed by atoms with Gasteiger partial charge in [-0.3, -0.25) is 24.3 Å². The fourth-order valence-corrected chi connectivity index (χ4v) is 4.78. The zero-order chi connectivity index (χ0) is 24.1. The van der Waals surface area contributed by atoms with Crippen molar-refractivity contribution in [3.05, 3.63) is 102 Å². The molecule has 6 heteroatoms. The fraction of sp³-hybridized carbons (Fsp3) is 0.286. The maximum absolute atomic E-state index is 13.8. The van der Waals surface area contributed by atoms with Gasteiger partial charge in [0, 0.05) is 68.5 Å². The second-order valence-electron chi connectivity index (χ2n) is 8.96. The van der Waals surface area contributed by atoms with Crippen molar-refractivity contribution in [3.63, 3.8) is 0 Å². The number of likely N-dealkylation sites (N-methyl/N-ethyl adjacent to an activating group) is 1. The van der Waals surface area contributed by atoms with Crippen LogP contribution in [-0.4, -0.2) is 66.0 Å². The van der Waals surface area contributed by atoms with Crippen molar-refractivity contribution in [2.75, 3.05) is 33.7 Å². The molecule has 1 fully saturated rings. The van der Waals surface area contributed by atoms with Crippen LogP contribution >= 0.6 is 0 Å². The van der Waals surface area contributed by atoms with Gasteiger partial charge < -0.3 is 4.90 Å². The van der Waals surface area contributed by atoms with Crippen molar-refractivity contribution in [1.29, 1.82) is 0 Å². The van der Waals surface area contributed by atoms with E-state index in [1.165, 1.54) is 4.90 Å². The summed E-state index contributed by atoms with van der Waals surface area (Å²) in [5, 5.41) is 0. The number of pyridine rings is 1. The summed E-state index contributed by atoms with van der Waals surface area (Å²) in [6.45, 7) is 0.963. The van der Waals surface area contributed by atoms with E-state index in [4.69, 9.17) is 0 Å². The maximum Gasteiger partial charge on any atom is 0.236 e. The van der Waals surface area contributed by atoms with E-state index in [9.17, 15) is 14.4 Å². The normalized spacial score (nSPS) is 20.5. The molecule has 0 spiro atoms. The Balaban J connectivity index is 1.78. The van der Waals surface area contributed by atoms with Gasteiger partial charge in [-0.25, -0.2) is 0 Å². The number of ketones is 2. The van der Waals surface area contributed by atoms with Crippen molar-refractivity contribution in [1.82, 2.24) is 14.8 Å². The largest absolute Gasteiger partial charge is 0.348 e. The predicted octanol–water partition coefficient (Wildman–Crippen LogP) is 3.57. The molecule has 1 saturated heterocycles. The van der Waals surface area contributed by atoms with Gasteiger partial charge in [0.25, 0.3) is 0 Å². The Morgan fingerprint density at radius 2 is 1.26 bits per heavy atom. The first-order valence-corrected chi connectivity index (χ1v) is 11.5. The highest BCUT2D eigenvalue weighted by Crippen LogP contribution is 2.40. The predicted molar refractivity (Wildman–Crippen MR) is 131 cm³/mol. The Bertz CT molecular complexity index is 1070. The molecule has 174 valence electrons. The Morgan fingerprint density at radius 3 is 1.71 bits per heavy atom. The molecule has 6 nitrogen and oxygen atoms in total. The molecule has 0 radical (unpaired) electrons. The van der Waals surface area contributed by atoms with Crippen LogP contribution in [0.15, 0.2) is 85.2 Å². The topological polar surface area (TPSA) is 70.6 Å². The van der Waals surface area contributed by atoms with Gasteiger partial charge in [-0.15, -0.1) is 0 Å². The van der Waals surface area contributed by atoms with E-state index in [-0.39, 0.29) is 29.9 Å². The zero-order valence-corrected chi connectivity index (χ0v) is 19.5. The van der Waals surface area contributed by atoms with E-state index >= 15 is 0 Å². The second kappa shape index (κ2) is 10.5. The summed E-state index contributed by atoms with van der Waals surface area (Å²) >= 11 is 0. The van der Waals surface area contributed by atoms with Crippen molar-refractivity contribution in [3.8, 4) is 0 Å². The highest BCUT2D eigenvalue weighted by Gasteiger charge is 2.45. The third-order valence-corrected chi connectivity index (χ3v) is 6.52. The molecule has 1 amide bonds. The average molecular weight is 456 g/mol. The molecule has 0 bridgehead atoms. The lowest BCUT2D eigenvalue weighted by atomic mass is 9.69. The minimum Gasteiger partial charge on any atom is -0.348 e. The number of hydrogen-bond acceptors (Lipinski definition) is 5. The van der Waals surface area contributed by atoms with Gasteiger partial charge in [0.2, 0.25) is 5.91 Å². The Morgan fingerprint density at radius 1 is 0.794 bits per heavy atom. The lowest BCUT2D eigenvalue weighted by molar-refractivity contribution is -0.130. The van der Waals surface area contributed by atoms with Crippen LogP contribution < -0.4 is 0 Å². The Hall–Kier alpha value is -3.64. The summed E-state index contributed by atoms with van der Waals surface area (Å²) in [5.41, 5.74) is 2.13. The van der Waals surface area contributed by atoms with Crippen molar-refractivity contribution in [2.24, 2.45) is 11.8 Å². The highest BCUT2D eigenvalue weighted by molar-refractivity contribution is 6.02. The number of rotatable bonds is 7. The summed E-state index contributed by atoms with van der Waals surface area (Å²) in [6.07, 6.45) is 3.40. The fourth-order valence-electron chi connectivity index (χ4n) is 4.78. The summed E-state index contributed by atoms with van der Waals surface area (Å²) in [7, 11) is 3.43. The highest BCUT2D eigenvalue weighted by atomic mass is 16.2. The molecular formula is C28H29N3O3. The zero-order valence-electron chi connectivity index (χ0n) is 19.5. The molecule has 34 heavy (non-hydrogen) atoms.